The SMILES string of the molecule is [CH2-]c1ccccc1.[CH3-].[CH3-].[CH3-].[Zr+4]. The maximum Gasteiger partial charge on any atom is 4.00 e. The summed E-state index contributed by atoms with van der Waals surface area (Å²) in [6, 6.07) is 9.87. The van der Waals surface area contributed by atoms with Crippen LogP contribution in [-0.2, 0) is 26.2 Å². The molecule has 11 heavy (non-hydrogen) atoms. The fourth-order valence-corrected chi connectivity index (χ4v) is 0.478. The summed E-state index contributed by atoms with van der Waals surface area (Å²) in [6.45, 7) is 3.72. The molecule has 0 spiro atoms. The number of benzene rings is 1. The standard InChI is InChI=1S/C7H7.3CH3.Zr/c1-7-5-3-2-4-6-7;;;;/h2-6H,1H2;3*1H3;/q4*-1;+4. The van der Waals surface area contributed by atoms with E-state index in [9.17, 15) is 0 Å². The first-order valence-corrected chi connectivity index (χ1v) is 2.26. The molecule has 1 heteroatoms. The first-order chi connectivity index (χ1) is 3.39. The van der Waals surface area contributed by atoms with E-state index in [-0.39, 0.29) is 48.5 Å². The van der Waals surface area contributed by atoms with Crippen LogP contribution in [0.5, 0.6) is 0 Å². The van der Waals surface area contributed by atoms with Crippen LogP contribution >= 0.6 is 0 Å². The van der Waals surface area contributed by atoms with E-state index in [2.05, 4.69) is 6.92 Å². The van der Waals surface area contributed by atoms with Crippen molar-refractivity contribution in [3.05, 3.63) is 65.1 Å². The largest absolute Gasteiger partial charge is 4.00 e. The average molecular weight is 227 g/mol. The van der Waals surface area contributed by atoms with Crippen molar-refractivity contribution in [2.75, 3.05) is 0 Å². The zero-order valence-electron chi connectivity index (χ0n) is 7.59. The Hall–Kier alpha value is -0.0269. The van der Waals surface area contributed by atoms with Gasteiger partial charge in [-0.05, 0) is 0 Å². The summed E-state index contributed by atoms with van der Waals surface area (Å²) in [5.41, 5.74) is 1.07. The van der Waals surface area contributed by atoms with Crippen LogP contribution in [0.4, 0.5) is 0 Å². The zero-order valence-corrected chi connectivity index (χ0v) is 10.1. The summed E-state index contributed by atoms with van der Waals surface area (Å²) in [5, 5.41) is 0. The van der Waals surface area contributed by atoms with E-state index in [1.807, 2.05) is 30.3 Å². The molecule has 1 aromatic carbocycles. The van der Waals surface area contributed by atoms with Gasteiger partial charge in [0.1, 0.15) is 0 Å². The number of hydrogen-bond acceptors (Lipinski definition) is 0. The molecular formula is C10H16Zr. The maximum atomic E-state index is 3.72. The van der Waals surface area contributed by atoms with Crippen LogP contribution in [0, 0.1) is 29.2 Å². The van der Waals surface area contributed by atoms with Crippen LogP contribution < -0.4 is 0 Å². The van der Waals surface area contributed by atoms with Crippen LogP contribution in [0.1, 0.15) is 5.56 Å². The number of hydrogen-bond donors (Lipinski definition) is 0. The zero-order chi connectivity index (χ0) is 5.11. The second-order valence-corrected chi connectivity index (χ2v) is 1.49. The van der Waals surface area contributed by atoms with E-state index in [1.54, 1.807) is 0 Å². The van der Waals surface area contributed by atoms with E-state index < -0.39 is 0 Å². The maximum absolute atomic E-state index is 3.72. The Balaban J connectivity index is -0.0000000612. The van der Waals surface area contributed by atoms with Crippen LogP contribution in [0.2, 0.25) is 0 Å². The van der Waals surface area contributed by atoms with Gasteiger partial charge in [0, 0.05) is 0 Å². The molecule has 0 heterocycles. The molecule has 0 aliphatic rings. The van der Waals surface area contributed by atoms with Gasteiger partial charge in [-0.3, -0.25) is 0 Å². The van der Waals surface area contributed by atoms with Gasteiger partial charge in [0.05, 0.1) is 0 Å². The monoisotopic (exact) mass is 226 g/mol. The van der Waals surface area contributed by atoms with Gasteiger partial charge < -0.3 is 22.3 Å². The van der Waals surface area contributed by atoms with Crippen molar-refractivity contribution in [3.8, 4) is 0 Å². The van der Waals surface area contributed by atoms with Gasteiger partial charge in [-0.2, -0.15) is 24.6 Å². The van der Waals surface area contributed by atoms with E-state index in [1.165, 1.54) is 0 Å². The predicted molar refractivity (Wildman–Crippen MR) is 50.1 cm³/mol. The minimum atomic E-state index is 0. The Morgan fingerprint density at radius 3 is 1.36 bits per heavy atom. The van der Waals surface area contributed by atoms with Crippen molar-refractivity contribution >= 4 is 0 Å². The van der Waals surface area contributed by atoms with Crippen molar-refractivity contribution < 1.29 is 26.2 Å². The van der Waals surface area contributed by atoms with Crippen molar-refractivity contribution in [3.63, 3.8) is 0 Å². The third-order valence-corrected chi connectivity index (χ3v) is 0.843. The van der Waals surface area contributed by atoms with Gasteiger partial charge in [0.2, 0.25) is 0 Å². The van der Waals surface area contributed by atoms with Crippen LogP contribution in [0.25, 0.3) is 0 Å². The molecule has 0 amide bonds. The van der Waals surface area contributed by atoms with Crippen molar-refractivity contribution in [1.29, 1.82) is 0 Å². The molecule has 0 unspecified atom stereocenters. The molecule has 1 aromatic rings. The molecule has 60 valence electrons. The third kappa shape index (κ3) is 9.97. The van der Waals surface area contributed by atoms with E-state index in [4.69, 9.17) is 0 Å². The quantitative estimate of drug-likeness (QED) is 0.597. The first kappa shape index (κ1) is 22.4. The molecular weight excluding hydrogens is 211 g/mol. The van der Waals surface area contributed by atoms with Crippen molar-refractivity contribution in [1.82, 2.24) is 0 Å². The molecule has 0 aliphatic heterocycles. The van der Waals surface area contributed by atoms with Gasteiger partial charge in [-0.1, -0.05) is 6.07 Å². The smallest absolute Gasteiger partial charge is 0.358 e. The van der Waals surface area contributed by atoms with Crippen molar-refractivity contribution in [2.24, 2.45) is 0 Å². The number of rotatable bonds is 0. The fraction of sp³-hybridized carbons (Fsp3) is 0. The molecule has 0 bridgehead atoms. The van der Waals surface area contributed by atoms with Crippen LogP contribution in [0.3, 0.4) is 0 Å². The van der Waals surface area contributed by atoms with Gasteiger partial charge in [0.25, 0.3) is 0 Å². The van der Waals surface area contributed by atoms with E-state index in [0.717, 1.165) is 5.56 Å². The summed E-state index contributed by atoms with van der Waals surface area (Å²) in [6.07, 6.45) is 0. The average Bonchev–Trinajstić information content (AvgIpc) is 1.69. The molecule has 0 aliphatic carbocycles. The summed E-state index contributed by atoms with van der Waals surface area (Å²) in [4.78, 5) is 0. The van der Waals surface area contributed by atoms with Gasteiger partial charge in [-0.15, -0.1) is 12.1 Å². The van der Waals surface area contributed by atoms with Gasteiger partial charge >= 0.3 is 26.2 Å². The molecule has 0 aromatic heterocycles. The Bertz CT molecular complexity index is 135. The van der Waals surface area contributed by atoms with E-state index >= 15 is 0 Å². The molecule has 0 saturated carbocycles. The Kier molecular flexibility index (Phi) is 25.8. The molecule has 0 N–H and O–H groups in total. The topological polar surface area (TPSA) is 0 Å². The molecule has 0 nitrogen and oxygen atoms in total. The fourth-order valence-electron chi connectivity index (χ4n) is 0.478. The van der Waals surface area contributed by atoms with Gasteiger partial charge in [0.15, 0.2) is 0 Å². The summed E-state index contributed by atoms with van der Waals surface area (Å²) in [7, 11) is 0. The third-order valence-electron chi connectivity index (χ3n) is 0.843. The Morgan fingerprint density at radius 1 is 0.818 bits per heavy atom. The minimum absolute atomic E-state index is 0. The molecule has 0 radical (unpaired) electrons. The molecule has 0 atom stereocenters. The normalized spacial score (nSPS) is 5.45. The van der Waals surface area contributed by atoms with Crippen LogP contribution in [-0.4, -0.2) is 0 Å². The summed E-state index contributed by atoms with van der Waals surface area (Å²) < 4.78 is 0. The van der Waals surface area contributed by atoms with Gasteiger partial charge in [-0.25, -0.2) is 0 Å². The van der Waals surface area contributed by atoms with E-state index in [0.29, 0.717) is 0 Å². The Labute approximate surface area is 91.2 Å². The van der Waals surface area contributed by atoms with Crippen LogP contribution in [0.15, 0.2) is 30.3 Å². The minimum Gasteiger partial charge on any atom is -0.358 e. The predicted octanol–water partition coefficient (Wildman–Crippen LogP) is 3.22. The molecule has 0 saturated heterocycles. The molecule has 1 rings (SSSR count). The summed E-state index contributed by atoms with van der Waals surface area (Å²) >= 11 is 0. The van der Waals surface area contributed by atoms with Crippen molar-refractivity contribution in [2.45, 2.75) is 0 Å². The second kappa shape index (κ2) is 12.6. The first-order valence-electron chi connectivity index (χ1n) is 2.26. The Morgan fingerprint density at radius 2 is 1.18 bits per heavy atom. The summed E-state index contributed by atoms with van der Waals surface area (Å²) in [5.74, 6) is 0. The second-order valence-electron chi connectivity index (χ2n) is 1.49. The molecule has 0 fully saturated rings.